The molecule has 6 rings (SSSR count). The molecule has 0 spiro atoms. The molecule has 101 heavy (non-hydrogen) atoms. The predicted molar refractivity (Wildman–Crippen MR) is 369 cm³/mol. The van der Waals surface area contributed by atoms with E-state index in [1.165, 1.54) is 31.8 Å². The molecule has 1 aliphatic carbocycles. The number of carboxylic acids is 4. The standard InChI is InChI=1S/C64H81N11O22S4/c1-32(2)25-45(57(85)72-48(28-53(80)81)60(88)73-49(31-99-100-101(94,95)96)62(90)75-23-12-19-50(75)61(89)67-34(4)63(91)92)69-58(86)46(26-35-29-65-42-18-11-10-13-36(35)42)70-59(87)47(27-52(78)79)71-56(84)43(20-21-51(76)77)68-54(82)33(3)66-55(83)44(22-24-98-5)74-64(93)97-30-41-39-16-8-6-14-37(39)38-15-7-9-17-40(38)41/h6-11,13-18,29,32-34,41,43-50,65H,12,19-28,30-31H2,1-5H3,(H,66,83)(H,67,89)(H,68,82)(H,69,86)(H,70,87)(H,71,84)(H,72,85)(H,73,88)(H,74,93)(H,76,77)(H,78,79)(H,80,81)(H,91,92)(H,94,95,96)/t33-,34-,43-,44-,45-,46-,47-,48-,49-,50-/m0/s1. The lowest BCUT2D eigenvalue weighted by Crippen LogP contribution is -2.61. The van der Waals surface area contributed by atoms with Crippen molar-refractivity contribution in [1.82, 2.24) is 57.7 Å². The summed E-state index contributed by atoms with van der Waals surface area (Å²) in [6.45, 7) is 5.44. The molecule has 0 unspecified atom stereocenters. The van der Waals surface area contributed by atoms with E-state index >= 15 is 0 Å². The number of para-hydroxylation sites is 1. The maximum Gasteiger partial charge on any atom is 0.407 e. The van der Waals surface area contributed by atoms with Gasteiger partial charge in [0, 0.05) is 48.2 Å². The van der Waals surface area contributed by atoms with Crippen LogP contribution in [0.3, 0.4) is 0 Å². The first-order valence-electron chi connectivity index (χ1n) is 31.8. The molecule has 2 aliphatic rings. The summed E-state index contributed by atoms with van der Waals surface area (Å²) in [6.07, 6.45) is -1.82. The van der Waals surface area contributed by atoms with E-state index in [0.29, 0.717) is 33.0 Å². The molecule has 37 heteroatoms. The Morgan fingerprint density at radius 3 is 1.68 bits per heavy atom. The van der Waals surface area contributed by atoms with Crippen molar-refractivity contribution in [3.63, 3.8) is 0 Å². The Kier molecular flexibility index (Phi) is 30.1. The van der Waals surface area contributed by atoms with Crippen molar-refractivity contribution in [2.75, 3.05) is 30.9 Å². The van der Waals surface area contributed by atoms with Crippen molar-refractivity contribution >= 4 is 136 Å². The van der Waals surface area contributed by atoms with E-state index in [1.807, 2.05) is 48.5 Å². The van der Waals surface area contributed by atoms with E-state index in [2.05, 4.69) is 52.8 Å². The van der Waals surface area contributed by atoms with Gasteiger partial charge >= 0.3 is 39.1 Å². The molecule has 1 saturated heterocycles. The molecule has 0 radical (unpaired) electrons. The molecule has 4 aromatic rings. The number of thioether (sulfide) groups is 1. The lowest BCUT2D eigenvalue weighted by molar-refractivity contribution is -0.144. The molecule has 1 aliphatic heterocycles. The molecule has 15 N–H and O–H groups in total. The number of hydrogen-bond donors (Lipinski definition) is 15. The third kappa shape index (κ3) is 24.1. The van der Waals surface area contributed by atoms with Crippen molar-refractivity contribution in [2.45, 2.75) is 152 Å². The highest BCUT2D eigenvalue weighted by Gasteiger charge is 2.41. The number of aromatic nitrogens is 1. The summed E-state index contributed by atoms with van der Waals surface area (Å²) in [5.41, 5.74) is 4.80. The minimum Gasteiger partial charge on any atom is -0.481 e. The predicted octanol–water partition coefficient (Wildman–Crippen LogP) is 1.41. The summed E-state index contributed by atoms with van der Waals surface area (Å²) in [7, 11) is -4.52. The van der Waals surface area contributed by atoms with Gasteiger partial charge in [-0.05, 0) is 97.8 Å². The van der Waals surface area contributed by atoms with Gasteiger partial charge in [0.25, 0.3) is 0 Å². The second kappa shape index (κ2) is 37.8. The second-order valence-corrected chi connectivity index (χ2v) is 30.4. The first-order valence-corrected chi connectivity index (χ1v) is 37.5. The number of carbonyl (C=O) groups is 14. The Labute approximate surface area is 591 Å². The van der Waals surface area contributed by atoms with Crippen molar-refractivity contribution in [3.05, 3.63) is 95.7 Å². The smallest absolute Gasteiger partial charge is 0.407 e. The van der Waals surface area contributed by atoms with Crippen molar-refractivity contribution in [3.8, 4) is 11.1 Å². The van der Waals surface area contributed by atoms with E-state index in [4.69, 9.17) is 4.74 Å². The van der Waals surface area contributed by atoms with E-state index in [1.54, 1.807) is 44.4 Å². The number of fused-ring (bicyclic) bond motifs is 4. The molecular weight excluding hydrogens is 1400 g/mol. The minimum absolute atomic E-state index is 0.0312. The van der Waals surface area contributed by atoms with Crippen LogP contribution in [0.2, 0.25) is 0 Å². The fourth-order valence-electron chi connectivity index (χ4n) is 11.3. The average Bonchev–Trinajstić information content (AvgIpc) is 1.62. The molecule has 548 valence electrons. The number of ether oxygens (including phenoxy) is 1. The zero-order valence-electron chi connectivity index (χ0n) is 55.4. The molecule has 1 aromatic heterocycles. The van der Waals surface area contributed by atoms with Gasteiger partial charge in [0.1, 0.15) is 67.0 Å². The number of amides is 10. The van der Waals surface area contributed by atoms with Gasteiger partial charge in [-0.1, -0.05) is 91.4 Å². The van der Waals surface area contributed by atoms with Gasteiger partial charge in [0.05, 0.1) is 22.7 Å². The lowest BCUT2D eigenvalue weighted by atomic mass is 9.98. The van der Waals surface area contributed by atoms with Crippen molar-refractivity contribution in [2.24, 2.45) is 5.92 Å². The van der Waals surface area contributed by atoms with Gasteiger partial charge in [-0.25, -0.2) is 4.79 Å². The van der Waals surface area contributed by atoms with Crippen LogP contribution in [0.4, 0.5) is 4.79 Å². The highest BCUT2D eigenvalue weighted by Crippen LogP contribution is 2.44. The fraction of sp³-hybridized carbons (Fsp3) is 0.469. The molecular formula is C64H81N11O22S4. The number of alkyl carbamates (subject to hydrolysis) is 1. The molecule has 2 heterocycles. The van der Waals surface area contributed by atoms with Gasteiger partial charge in [-0.2, -0.15) is 20.2 Å². The largest absolute Gasteiger partial charge is 0.481 e. The maximum atomic E-state index is 14.8. The van der Waals surface area contributed by atoms with Crippen molar-refractivity contribution in [1.29, 1.82) is 0 Å². The molecule has 33 nitrogen and oxygen atoms in total. The van der Waals surface area contributed by atoms with E-state index in [9.17, 15) is 101 Å². The van der Waals surface area contributed by atoms with Crippen LogP contribution in [0.5, 0.6) is 0 Å². The minimum atomic E-state index is -4.76. The summed E-state index contributed by atoms with van der Waals surface area (Å²) in [5, 5.41) is 61.0. The number of benzene rings is 3. The number of likely N-dealkylation sites (tertiary alicyclic amines) is 1. The summed E-state index contributed by atoms with van der Waals surface area (Å²) in [5.74, 6) is -17.4. The Bertz CT molecular complexity index is 3810. The highest BCUT2D eigenvalue weighted by atomic mass is 33.5. The SMILES string of the molecule is CSCC[C@H](NC(=O)OCC1c2ccccc2-c2ccccc21)C(=O)N[C@@H](C)C(=O)N[C@@H](CCC(=O)O)C(=O)N[C@@H](CC(=O)O)C(=O)N[C@@H](Cc1c[nH]c2ccccc12)C(=O)N[C@@H](CC(C)C)C(=O)N[C@@H](CC(=O)O)C(=O)N[C@@H](CSSS(=O)(=O)O)C(=O)N1CCC[C@H]1C(=O)N[C@@H](C)C(=O)O. The number of nitrogens with one attached hydrogen (secondary N) is 10. The van der Waals surface area contributed by atoms with Crippen molar-refractivity contribution < 1.29 is 105 Å². The second-order valence-electron chi connectivity index (χ2n) is 24.3. The Balaban J connectivity index is 1.19. The third-order valence-electron chi connectivity index (χ3n) is 16.2. The topological polar surface area (TPSA) is 511 Å². The number of aromatic amines is 1. The molecule has 0 saturated carbocycles. The number of H-pyrrole nitrogens is 1. The van der Waals surface area contributed by atoms with Crippen LogP contribution in [-0.2, 0) is 82.6 Å². The van der Waals surface area contributed by atoms with E-state index < -0.39 is 196 Å². The lowest BCUT2D eigenvalue weighted by Gasteiger charge is -2.30. The van der Waals surface area contributed by atoms with Gasteiger partial charge in [-0.3, -0.25) is 66.9 Å². The highest BCUT2D eigenvalue weighted by molar-refractivity contribution is 9.05. The van der Waals surface area contributed by atoms with Crippen LogP contribution in [0, 0.1) is 5.92 Å². The van der Waals surface area contributed by atoms with Gasteiger partial charge in [0.15, 0.2) is 0 Å². The quantitative estimate of drug-likeness (QED) is 0.0222. The summed E-state index contributed by atoms with van der Waals surface area (Å²) >= 11 is 1.36. The number of hydrogen-bond acceptors (Lipinski definition) is 20. The fourth-order valence-corrected chi connectivity index (χ4v) is 14.8. The molecule has 1 fully saturated rings. The van der Waals surface area contributed by atoms with Crippen LogP contribution in [0.25, 0.3) is 22.0 Å². The summed E-state index contributed by atoms with van der Waals surface area (Å²) in [4.78, 5) is 193. The Morgan fingerprint density at radius 1 is 0.594 bits per heavy atom. The summed E-state index contributed by atoms with van der Waals surface area (Å²) in [6, 6.07) is 5.36. The maximum absolute atomic E-state index is 14.8. The van der Waals surface area contributed by atoms with Gasteiger partial charge in [0.2, 0.25) is 53.2 Å². The average molecular weight is 1480 g/mol. The van der Waals surface area contributed by atoms with Crippen LogP contribution < -0.4 is 47.9 Å². The zero-order valence-corrected chi connectivity index (χ0v) is 58.6. The summed E-state index contributed by atoms with van der Waals surface area (Å²) < 4.78 is 38.4. The first kappa shape index (κ1) is 80.5. The van der Waals surface area contributed by atoms with Gasteiger partial charge < -0.3 is 82.9 Å². The van der Waals surface area contributed by atoms with Gasteiger partial charge in [-0.15, -0.1) is 0 Å². The van der Waals surface area contributed by atoms with Crippen LogP contribution in [0.1, 0.15) is 102 Å². The van der Waals surface area contributed by atoms with Crippen LogP contribution >= 0.6 is 32.4 Å². The number of nitrogens with zero attached hydrogens (tertiary/aromatic N) is 1. The first-order chi connectivity index (χ1) is 47.7. The number of carboxylic acid groups (broad SMARTS) is 4. The third-order valence-corrected chi connectivity index (χ3v) is 21.2. The van der Waals surface area contributed by atoms with E-state index in [0.717, 1.165) is 27.2 Å². The zero-order chi connectivity index (χ0) is 74.4. The monoisotopic (exact) mass is 1480 g/mol. The van der Waals surface area contributed by atoms with Crippen LogP contribution in [-0.4, -0.2) is 218 Å². The molecule has 3 aromatic carbocycles. The van der Waals surface area contributed by atoms with Crippen LogP contribution in [0.15, 0.2) is 79.0 Å². The number of carbonyl (C=O) groups excluding carboxylic acids is 10. The number of rotatable bonds is 39. The van der Waals surface area contributed by atoms with E-state index in [-0.39, 0.29) is 54.6 Å². The molecule has 0 bridgehead atoms. The Morgan fingerprint density at radius 2 is 1.11 bits per heavy atom. The number of aliphatic carboxylic acids is 4. The molecule has 10 amide bonds. The molecule has 10 atom stereocenters. The Hall–Kier alpha value is -9.46. The normalized spacial score (nSPS) is 16.0.